The molecule has 1 aliphatic heterocycles. The molecule has 2 aromatic carbocycles. The number of imidazole rings is 1. The first kappa shape index (κ1) is 23.6. The number of benzene rings is 2. The maximum absolute atomic E-state index is 11.4. The lowest BCUT2D eigenvalue weighted by Crippen LogP contribution is -2.54. The number of rotatable bonds is 6. The van der Waals surface area contributed by atoms with Gasteiger partial charge in [-0.15, -0.1) is 0 Å². The SMILES string of the molecule is CC1CN(C(=O)O)CCN1c1nc(NCc2ccc(-c3ccccc3)cc2)c2ncn(C(C)C)c2n1. The molecule has 9 nitrogen and oxygen atoms in total. The lowest BCUT2D eigenvalue weighted by atomic mass is 10.0. The van der Waals surface area contributed by atoms with Gasteiger partial charge < -0.3 is 24.8 Å². The molecule has 1 fully saturated rings. The number of nitrogens with zero attached hydrogens (tertiary/aromatic N) is 6. The number of fused-ring (bicyclic) bond motifs is 1. The average molecular weight is 486 g/mol. The number of piperazine rings is 1. The van der Waals surface area contributed by atoms with Gasteiger partial charge in [0.15, 0.2) is 17.0 Å². The summed E-state index contributed by atoms with van der Waals surface area (Å²) < 4.78 is 2.04. The zero-order chi connectivity index (χ0) is 25.2. The summed E-state index contributed by atoms with van der Waals surface area (Å²) in [5.41, 5.74) is 5.00. The number of amides is 1. The first-order valence-electron chi connectivity index (χ1n) is 12.3. The van der Waals surface area contributed by atoms with Crippen LogP contribution in [0.3, 0.4) is 0 Å². The van der Waals surface area contributed by atoms with E-state index in [1.807, 2.05) is 29.7 Å². The molecule has 186 valence electrons. The van der Waals surface area contributed by atoms with Crippen molar-refractivity contribution in [3.8, 4) is 11.1 Å². The van der Waals surface area contributed by atoms with Gasteiger partial charge in [0.1, 0.15) is 0 Å². The number of hydrogen-bond acceptors (Lipinski definition) is 6. The Kier molecular flexibility index (Phi) is 6.45. The second kappa shape index (κ2) is 9.85. The first-order chi connectivity index (χ1) is 17.4. The topological polar surface area (TPSA) is 99.4 Å². The van der Waals surface area contributed by atoms with E-state index < -0.39 is 6.09 Å². The minimum absolute atomic E-state index is 0.0406. The molecule has 4 aromatic rings. The van der Waals surface area contributed by atoms with Crippen LogP contribution < -0.4 is 10.2 Å². The Labute approximate surface area is 210 Å². The molecule has 1 atom stereocenters. The molecule has 36 heavy (non-hydrogen) atoms. The van der Waals surface area contributed by atoms with Crippen molar-refractivity contribution in [2.45, 2.75) is 39.4 Å². The van der Waals surface area contributed by atoms with E-state index in [1.165, 1.54) is 16.0 Å². The summed E-state index contributed by atoms with van der Waals surface area (Å²) in [7, 11) is 0. The second-order valence-corrected chi connectivity index (χ2v) is 9.48. The number of carboxylic acid groups (broad SMARTS) is 1. The molecule has 1 amide bonds. The van der Waals surface area contributed by atoms with Gasteiger partial charge in [0.2, 0.25) is 5.95 Å². The van der Waals surface area contributed by atoms with Crippen molar-refractivity contribution < 1.29 is 9.90 Å². The van der Waals surface area contributed by atoms with Crippen molar-refractivity contribution in [2.75, 3.05) is 29.9 Å². The van der Waals surface area contributed by atoms with E-state index in [0.29, 0.717) is 37.9 Å². The molecule has 1 saturated heterocycles. The van der Waals surface area contributed by atoms with Gasteiger partial charge in [0, 0.05) is 38.3 Å². The molecule has 0 saturated carbocycles. The van der Waals surface area contributed by atoms with Crippen LogP contribution in [0.1, 0.15) is 32.4 Å². The zero-order valence-corrected chi connectivity index (χ0v) is 20.8. The van der Waals surface area contributed by atoms with E-state index in [4.69, 9.17) is 9.97 Å². The fourth-order valence-electron chi connectivity index (χ4n) is 4.59. The van der Waals surface area contributed by atoms with Gasteiger partial charge in [0.05, 0.1) is 6.33 Å². The van der Waals surface area contributed by atoms with Gasteiger partial charge in [-0.1, -0.05) is 54.6 Å². The Bertz CT molecular complexity index is 1350. The van der Waals surface area contributed by atoms with Crippen molar-refractivity contribution in [2.24, 2.45) is 0 Å². The molecule has 9 heteroatoms. The highest BCUT2D eigenvalue weighted by Crippen LogP contribution is 2.27. The molecule has 1 aliphatic rings. The Morgan fingerprint density at radius 2 is 1.78 bits per heavy atom. The van der Waals surface area contributed by atoms with Crippen LogP contribution in [0.25, 0.3) is 22.3 Å². The van der Waals surface area contributed by atoms with Crippen molar-refractivity contribution in [3.63, 3.8) is 0 Å². The first-order valence-corrected chi connectivity index (χ1v) is 12.3. The van der Waals surface area contributed by atoms with Crippen molar-refractivity contribution in [1.82, 2.24) is 24.4 Å². The summed E-state index contributed by atoms with van der Waals surface area (Å²) in [6, 6.07) is 19.0. The lowest BCUT2D eigenvalue weighted by Gasteiger charge is -2.38. The number of nitrogens with one attached hydrogen (secondary N) is 1. The normalized spacial score (nSPS) is 16.1. The predicted molar refractivity (Wildman–Crippen MR) is 141 cm³/mol. The third-order valence-corrected chi connectivity index (χ3v) is 6.64. The van der Waals surface area contributed by atoms with E-state index in [1.54, 1.807) is 6.33 Å². The maximum Gasteiger partial charge on any atom is 0.407 e. The summed E-state index contributed by atoms with van der Waals surface area (Å²) in [6.07, 6.45) is 0.913. The van der Waals surface area contributed by atoms with E-state index in [0.717, 1.165) is 16.7 Å². The van der Waals surface area contributed by atoms with Crippen LogP contribution in [-0.4, -0.2) is 61.3 Å². The Morgan fingerprint density at radius 1 is 1.06 bits per heavy atom. The minimum Gasteiger partial charge on any atom is -0.465 e. The fourth-order valence-corrected chi connectivity index (χ4v) is 4.59. The Hall–Kier alpha value is -4.14. The zero-order valence-electron chi connectivity index (χ0n) is 20.8. The third kappa shape index (κ3) is 4.68. The summed E-state index contributed by atoms with van der Waals surface area (Å²) in [5.74, 6) is 1.26. The molecule has 0 aliphatic carbocycles. The smallest absolute Gasteiger partial charge is 0.407 e. The highest BCUT2D eigenvalue weighted by Gasteiger charge is 2.29. The largest absolute Gasteiger partial charge is 0.465 e. The van der Waals surface area contributed by atoms with E-state index in [9.17, 15) is 9.90 Å². The quantitative estimate of drug-likeness (QED) is 0.402. The highest BCUT2D eigenvalue weighted by atomic mass is 16.4. The molecule has 0 spiro atoms. The number of aromatic nitrogens is 4. The summed E-state index contributed by atoms with van der Waals surface area (Å²) in [5, 5.41) is 12.9. The van der Waals surface area contributed by atoms with Crippen LogP contribution in [0.5, 0.6) is 0 Å². The van der Waals surface area contributed by atoms with Gasteiger partial charge in [-0.3, -0.25) is 0 Å². The van der Waals surface area contributed by atoms with Crippen LogP contribution in [0.15, 0.2) is 60.9 Å². The molecule has 3 heterocycles. The molecule has 1 unspecified atom stereocenters. The van der Waals surface area contributed by atoms with Gasteiger partial charge in [-0.2, -0.15) is 9.97 Å². The molecule has 5 rings (SSSR count). The Morgan fingerprint density at radius 3 is 2.44 bits per heavy atom. The van der Waals surface area contributed by atoms with Crippen LogP contribution in [0.4, 0.5) is 16.6 Å². The highest BCUT2D eigenvalue weighted by molar-refractivity contribution is 5.84. The standard InChI is InChI=1S/C27H31N7O2/c1-18(2)34-17-29-23-24(28-15-20-9-11-22(12-10-20)21-7-5-4-6-8-21)30-26(31-25(23)34)33-14-13-32(27(35)36)16-19(33)3/h4-12,17-19H,13-16H2,1-3H3,(H,35,36)(H,28,30,31). The predicted octanol–water partition coefficient (Wildman–Crippen LogP) is 4.87. The van der Waals surface area contributed by atoms with Crippen LogP contribution >= 0.6 is 0 Å². The van der Waals surface area contributed by atoms with E-state index in [2.05, 4.69) is 65.4 Å². The molecule has 0 bridgehead atoms. The van der Waals surface area contributed by atoms with Gasteiger partial charge in [-0.05, 0) is 37.5 Å². The van der Waals surface area contributed by atoms with Gasteiger partial charge in [0.25, 0.3) is 0 Å². The van der Waals surface area contributed by atoms with Crippen LogP contribution in [0, 0.1) is 0 Å². The third-order valence-electron chi connectivity index (χ3n) is 6.64. The van der Waals surface area contributed by atoms with Crippen molar-refractivity contribution in [1.29, 1.82) is 0 Å². The van der Waals surface area contributed by atoms with Crippen molar-refractivity contribution >= 4 is 29.0 Å². The summed E-state index contributed by atoms with van der Waals surface area (Å²) >= 11 is 0. The molecule has 2 aromatic heterocycles. The van der Waals surface area contributed by atoms with E-state index in [-0.39, 0.29) is 12.1 Å². The van der Waals surface area contributed by atoms with Crippen LogP contribution in [-0.2, 0) is 6.54 Å². The molecular weight excluding hydrogens is 454 g/mol. The van der Waals surface area contributed by atoms with Crippen LogP contribution in [0.2, 0.25) is 0 Å². The Balaban J connectivity index is 1.42. The summed E-state index contributed by atoms with van der Waals surface area (Å²) in [6.45, 7) is 8.16. The number of hydrogen-bond donors (Lipinski definition) is 2. The monoisotopic (exact) mass is 485 g/mol. The van der Waals surface area contributed by atoms with Crippen molar-refractivity contribution in [3.05, 3.63) is 66.5 Å². The van der Waals surface area contributed by atoms with Gasteiger partial charge in [-0.25, -0.2) is 9.78 Å². The number of carbonyl (C=O) groups is 1. The summed E-state index contributed by atoms with van der Waals surface area (Å²) in [4.78, 5) is 29.3. The second-order valence-electron chi connectivity index (χ2n) is 9.48. The fraction of sp³-hybridized carbons (Fsp3) is 0.333. The molecule has 2 N–H and O–H groups in total. The molecular formula is C27H31N7O2. The average Bonchev–Trinajstić information content (AvgIpc) is 3.32. The maximum atomic E-state index is 11.4. The van der Waals surface area contributed by atoms with E-state index >= 15 is 0 Å². The lowest BCUT2D eigenvalue weighted by molar-refractivity contribution is 0.136. The molecule has 0 radical (unpaired) electrons. The van der Waals surface area contributed by atoms with Gasteiger partial charge >= 0.3 is 6.09 Å². The minimum atomic E-state index is -0.892. The number of anilines is 2.